The molecule has 112 valence electrons. The molecular weight excluding hydrogens is 264 g/mol. The van der Waals surface area contributed by atoms with Gasteiger partial charge in [0.2, 0.25) is 10.0 Å². The van der Waals surface area contributed by atoms with Crippen molar-refractivity contribution in [2.45, 2.75) is 38.2 Å². The van der Waals surface area contributed by atoms with Gasteiger partial charge in [-0.15, -0.1) is 0 Å². The van der Waals surface area contributed by atoms with Crippen molar-refractivity contribution in [2.75, 3.05) is 32.4 Å². The number of rotatable bonds is 3. The minimum atomic E-state index is -3.09. The highest BCUT2D eigenvalue weighted by atomic mass is 32.2. The molecule has 3 atom stereocenters. The molecule has 0 spiro atoms. The van der Waals surface area contributed by atoms with Crippen molar-refractivity contribution >= 4 is 10.0 Å². The Hall–Kier alpha value is -0.170. The molecule has 19 heavy (non-hydrogen) atoms. The third-order valence-electron chi connectivity index (χ3n) is 4.70. The summed E-state index contributed by atoms with van der Waals surface area (Å²) >= 11 is 0. The monoisotopic (exact) mass is 290 g/mol. The lowest BCUT2D eigenvalue weighted by Gasteiger charge is -2.42. The number of hydrogen-bond acceptors (Lipinski definition) is 4. The highest BCUT2D eigenvalue weighted by Crippen LogP contribution is 2.34. The molecule has 0 saturated carbocycles. The second kappa shape index (κ2) is 5.68. The molecule has 2 rings (SSSR count). The van der Waals surface area contributed by atoms with Crippen LogP contribution in [-0.2, 0) is 10.0 Å². The first-order valence-electron chi connectivity index (χ1n) is 7.19. The van der Waals surface area contributed by atoms with Gasteiger partial charge in [-0.3, -0.25) is 0 Å². The number of aliphatic hydroxyl groups is 1. The van der Waals surface area contributed by atoms with Gasteiger partial charge in [0.1, 0.15) is 0 Å². The van der Waals surface area contributed by atoms with E-state index in [-0.39, 0.29) is 11.8 Å². The van der Waals surface area contributed by atoms with E-state index in [2.05, 4.69) is 12.2 Å². The molecule has 0 aromatic carbocycles. The maximum atomic E-state index is 11.6. The lowest BCUT2D eigenvalue weighted by Crippen LogP contribution is -2.51. The minimum absolute atomic E-state index is 0.231. The Morgan fingerprint density at radius 3 is 2.84 bits per heavy atom. The summed E-state index contributed by atoms with van der Waals surface area (Å²) in [7, 11) is -3.09. The Morgan fingerprint density at radius 2 is 2.21 bits per heavy atom. The average Bonchev–Trinajstić information content (AvgIpc) is 2.32. The predicted octanol–water partition coefficient (Wildman–Crippen LogP) is 0.409. The lowest BCUT2D eigenvalue weighted by molar-refractivity contribution is -0.0567. The minimum Gasteiger partial charge on any atom is -0.390 e. The molecule has 5 nitrogen and oxygen atoms in total. The van der Waals surface area contributed by atoms with E-state index in [1.54, 1.807) is 4.31 Å². The summed E-state index contributed by atoms with van der Waals surface area (Å²) in [6, 6.07) is 0. The smallest absolute Gasteiger partial charge is 0.211 e. The summed E-state index contributed by atoms with van der Waals surface area (Å²) in [5.74, 6) is 0.517. The van der Waals surface area contributed by atoms with E-state index in [1.807, 2.05) is 0 Å². The zero-order valence-corrected chi connectivity index (χ0v) is 12.7. The fraction of sp³-hybridized carbons (Fsp3) is 1.00. The molecule has 0 radical (unpaired) electrons. The van der Waals surface area contributed by atoms with E-state index >= 15 is 0 Å². The van der Waals surface area contributed by atoms with Crippen LogP contribution in [0.1, 0.15) is 32.6 Å². The number of nitrogens with zero attached hydrogens (tertiary/aromatic N) is 1. The molecule has 0 aliphatic carbocycles. The topological polar surface area (TPSA) is 69.6 Å². The van der Waals surface area contributed by atoms with Gasteiger partial charge in [-0.2, -0.15) is 0 Å². The predicted molar refractivity (Wildman–Crippen MR) is 75.4 cm³/mol. The molecule has 2 aliphatic rings. The molecule has 0 aromatic heterocycles. The van der Waals surface area contributed by atoms with Crippen LogP contribution in [0, 0.1) is 11.8 Å². The van der Waals surface area contributed by atoms with E-state index in [0.717, 1.165) is 38.8 Å². The maximum absolute atomic E-state index is 11.6. The molecular formula is C13H26N2O3S. The van der Waals surface area contributed by atoms with Crippen LogP contribution in [0.4, 0.5) is 0 Å². The molecule has 2 aliphatic heterocycles. The van der Waals surface area contributed by atoms with Crippen LogP contribution in [0.25, 0.3) is 0 Å². The van der Waals surface area contributed by atoms with Crippen LogP contribution in [0.5, 0.6) is 0 Å². The van der Waals surface area contributed by atoms with Gasteiger partial charge in [-0.25, -0.2) is 12.7 Å². The van der Waals surface area contributed by atoms with Crippen molar-refractivity contribution in [1.29, 1.82) is 0 Å². The summed E-state index contributed by atoms with van der Waals surface area (Å²) in [5, 5.41) is 14.1. The quantitative estimate of drug-likeness (QED) is 0.790. The largest absolute Gasteiger partial charge is 0.390 e. The molecule has 2 heterocycles. The maximum Gasteiger partial charge on any atom is 0.211 e. The van der Waals surface area contributed by atoms with Gasteiger partial charge >= 0.3 is 0 Å². The molecule has 2 fully saturated rings. The van der Waals surface area contributed by atoms with Gasteiger partial charge in [0, 0.05) is 19.6 Å². The lowest BCUT2D eigenvalue weighted by atomic mass is 9.75. The first kappa shape index (κ1) is 15.2. The Labute approximate surface area is 116 Å². The standard InChI is InChI=1S/C13H26N2O3S/c1-11-9-14-6-5-13(11,16)8-12-4-3-7-15(10-12)19(2,17)18/h11-12,14,16H,3-10H2,1-2H3. The van der Waals surface area contributed by atoms with E-state index in [1.165, 1.54) is 6.26 Å². The van der Waals surface area contributed by atoms with Crippen molar-refractivity contribution in [3.63, 3.8) is 0 Å². The summed E-state index contributed by atoms with van der Waals surface area (Å²) < 4.78 is 24.8. The van der Waals surface area contributed by atoms with E-state index in [0.29, 0.717) is 13.1 Å². The highest BCUT2D eigenvalue weighted by Gasteiger charge is 2.39. The molecule has 0 aromatic rings. The third kappa shape index (κ3) is 3.68. The van der Waals surface area contributed by atoms with Crippen molar-refractivity contribution in [3.05, 3.63) is 0 Å². The Balaban J connectivity index is 1.98. The van der Waals surface area contributed by atoms with Crippen LogP contribution in [-0.4, -0.2) is 55.9 Å². The van der Waals surface area contributed by atoms with E-state index < -0.39 is 15.6 Å². The number of sulfonamides is 1. The fourth-order valence-electron chi connectivity index (χ4n) is 3.36. The highest BCUT2D eigenvalue weighted by molar-refractivity contribution is 7.88. The van der Waals surface area contributed by atoms with Crippen molar-refractivity contribution in [3.8, 4) is 0 Å². The Kier molecular flexibility index (Phi) is 4.55. The third-order valence-corrected chi connectivity index (χ3v) is 5.97. The van der Waals surface area contributed by atoms with Crippen LogP contribution in [0.2, 0.25) is 0 Å². The van der Waals surface area contributed by atoms with Crippen molar-refractivity contribution in [2.24, 2.45) is 11.8 Å². The van der Waals surface area contributed by atoms with Gasteiger partial charge in [-0.05, 0) is 44.1 Å². The summed E-state index contributed by atoms with van der Waals surface area (Å²) in [6.45, 7) is 4.97. The average molecular weight is 290 g/mol. The number of hydrogen-bond donors (Lipinski definition) is 2. The first-order chi connectivity index (χ1) is 8.81. The van der Waals surface area contributed by atoms with Crippen LogP contribution in [0.3, 0.4) is 0 Å². The Bertz CT molecular complexity index is 412. The molecule has 3 unspecified atom stereocenters. The van der Waals surface area contributed by atoms with Gasteiger partial charge in [0.05, 0.1) is 11.9 Å². The molecule has 2 saturated heterocycles. The SMILES string of the molecule is CC1CNCCC1(O)CC1CCCN(S(C)(=O)=O)C1. The van der Waals surface area contributed by atoms with Gasteiger partial charge < -0.3 is 10.4 Å². The van der Waals surface area contributed by atoms with E-state index in [4.69, 9.17) is 0 Å². The molecule has 0 bridgehead atoms. The number of nitrogens with one attached hydrogen (secondary N) is 1. The molecule has 2 N–H and O–H groups in total. The zero-order valence-electron chi connectivity index (χ0n) is 11.9. The number of piperidine rings is 2. The van der Waals surface area contributed by atoms with E-state index in [9.17, 15) is 13.5 Å². The first-order valence-corrected chi connectivity index (χ1v) is 9.04. The fourth-order valence-corrected chi connectivity index (χ4v) is 4.30. The molecule has 6 heteroatoms. The van der Waals surface area contributed by atoms with Crippen molar-refractivity contribution < 1.29 is 13.5 Å². The normalized spacial score (nSPS) is 38.3. The van der Waals surface area contributed by atoms with Gasteiger partial charge in [-0.1, -0.05) is 6.92 Å². The zero-order chi connectivity index (χ0) is 14.1. The van der Waals surface area contributed by atoms with Gasteiger partial charge in [0.15, 0.2) is 0 Å². The summed E-state index contributed by atoms with van der Waals surface area (Å²) in [5.41, 5.74) is -0.629. The van der Waals surface area contributed by atoms with Crippen LogP contribution < -0.4 is 5.32 Å². The second-order valence-corrected chi connectivity index (χ2v) is 8.27. The Morgan fingerprint density at radius 1 is 1.47 bits per heavy atom. The second-order valence-electron chi connectivity index (χ2n) is 6.29. The summed E-state index contributed by atoms with van der Waals surface area (Å²) in [4.78, 5) is 0. The summed E-state index contributed by atoms with van der Waals surface area (Å²) in [6.07, 6.45) is 4.69. The van der Waals surface area contributed by atoms with Crippen molar-refractivity contribution in [1.82, 2.24) is 9.62 Å². The molecule has 0 amide bonds. The van der Waals surface area contributed by atoms with Crippen LogP contribution in [0.15, 0.2) is 0 Å². The van der Waals surface area contributed by atoms with Gasteiger partial charge in [0.25, 0.3) is 0 Å². The van der Waals surface area contributed by atoms with Crippen LogP contribution >= 0.6 is 0 Å².